The minimum atomic E-state index is -0.976. The first-order valence-electron chi connectivity index (χ1n) is 5.38. The van der Waals surface area contributed by atoms with Gasteiger partial charge in [0.2, 0.25) is 0 Å². The normalized spacial score (nSPS) is 10.8. The molecule has 1 N–H and O–H groups in total. The van der Waals surface area contributed by atoms with E-state index < -0.39 is 5.97 Å². The number of aromatic nitrogens is 2. The van der Waals surface area contributed by atoms with Gasteiger partial charge in [-0.1, -0.05) is 22.0 Å². The van der Waals surface area contributed by atoms with Crippen LogP contribution in [0, 0.1) is 0 Å². The second kappa shape index (κ2) is 4.71. The number of rotatable bonds is 2. The monoisotopic (exact) mass is 334 g/mol. The molecule has 3 aromatic rings. The first-order chi connectivity index (χ1) is 9.16. The molecule has 2 aromatic heterocycles. The van der Waals surface area contributed by atoms with Crippen LogP contribution in [0.25, 0.3) is 22.3 Å². The van der Waals surface area contributed by atoms with E-state index in [0.29, 0.717) is 22.3 Å². The Morgan fingerprint density at radius 1 is 1.32 bits per heavy atom. The molecule has 0 fully saturated rings. The Bertz CT molecular complexity index is 772. The highest BCUT2D eigenvalue weighted by atomic mass is 79.9. The van der Waals surface area contributed by atoms with Crippen LogP contribution in [0.15, 0.2) is 39.6 Å². The van der Waals surface area contributed by atoms with Crippen molar-refractivity contribution in [2.45, 2.75) is 0 Å². The van der Waals surface area contributed by atoms with Gasteiger partial charge in [-0.15, -0.1) is 11.3 Å². The van der Waals surface area contributed by atoms with Gasteiger partial charge in [-0.3, -0.25) is 0 Å². The molecule has 0 aliphatic rings. The van der Waals surface area contributed by atoms with Crippen molar-refractivity contribution in [2.75, 3.05) is 0 Å². The summed E-state index contributed by atoms with van der Waals surface area (Å²) in [5.74, 6) is -0.976. The van der Waals surface area contributed by atoms with Gasteiger partial charge in [0.25, 0.3) is 0 Å². The molecule has 19 heavy (non-hydrogen) atoms. The van der Waals surface area contributed by atoms with Gasteiger partial charge in [0.15, 0.2) is 0 Å². The molecular weight excluding hydrogens is 328 g/mol. The summed E-state index contributed by atoms with van der Waals surface area (Å²) in [4.78, 5) is 20.1. The number of nitrogens with zero attached hydrogens (tertiary/aromatic N) is 2. The summed E-state index contributed by atoms with van der Waals surface area (Å²) in [5, 5.41) is 11.8. The molecule has 4 nitrogen and oxygen atoms in total. The molecule has 94 valence electrons. The summed E-state index contributed by atoms with van der Waals surface area (Å²) in [6, 6.07) is 6.99. The van der Waals surface area contributed by atoms with Crippen molar-refractivity contribution >= 4 is 44.1 Å². The zero-order chi connectivity index (χ0) is 13.4. The minimum Gasteiger partial charge on any atom is -0.478 e. The van der Waals surface area contributed by atoms with E-state index in [1.165, 1.54) is 11.3 Å². The molecule has 0 spiro atoms. The van der Waals surface area contributed by atoms with Crippen molar-refractivity contribution in [3.8, 4) is 11.4 Å². The predicted octanol–water partition coefficient (Wildman–Crippen LogP) is 3.82. The van der Waals surface area contributed by atoms with E-state index in [-0.39, 0.29) is 5.56 Å². The van der Waals surface area contributed by atoms with Crippen LogP contribution in [0.5, 0.6) is 0 Å². The number of aromatic carboxylic acids is 1. The third kappa shape index (κ3) is 2.13. The molecule has 6 heteroatoms. The number of thiazole rings is 1. The van der Waals surface area contributed by atoms with E-state index >= 15 is 0 Å². The van der Waals surface area contributed by atoms with Crippen molar-refractivity contribution in [1.82, 2.24) is 9.97 Å². The van der Waals surface area contributed by atoms with E-state index in [1.807, 2.05) is 11.4 Å². The third-order valence-corrected chi connectivity index (χ3v) is 3.96. The van der Waals surface area contributed by atoms with Crippen LogP contribution in [-0.2, 0) is 0 Å². The number of carboxylic acids is 1. The summed E-state index contributed by atoms with van der Waals surface area (Å²) < 4.78 is 0.722. The zero-order valence-corrected chi connectivity index (χ0v) is 11.9. The lowest BCUT2D eigenvalue weighted by Crippen LogP contribution is -2.01. The second-order valence-corrected chi connectivity index (χ2v) is 5.44. The lowest BCUT2D eigenvalue weighted by atomic mass is 10.1. The van der Waals surface area contributed by atoms with E-state index in [0.717, 1.165) is 4.47 Å². The minimum absolute atomic E-state index is 0.223. The van der Waals surface area contributed by atoms with Gasteiger partial charge in [0.05, 0.1) is 28.0 Å². The van der Waals surface area contributed by atoms with Gasteiger partial charge in [-0.2, -0.15) is 0 Å². The van der Waals surface area contributed by atoms with Gasteiger partial charge >= 0.3 is 5.97 Å². The molecule has 0 aliphatic carbocycles. The van der Waals surface area contributed by atoms with Gasteiger partial charge < -0.3 is 5.11 Å². The largest absolute Gasteiger partial charge is 0.478 e. The highest BCUT2D eigenvalue weighted by Crippen LogP contribution is 2.29. The zero-order valence-electron chi connectivity index (χ0n) is 9.50. The van der Waals surface area contributed by atoms with Crippen molar-refractivity contribution in [1.29, 1.82) is 0 Å². The van der Waals surface area contributed by atoms with Crippen molar-refractivity contribution < 1.29 is 9.90 Å². The number of fused-ring (bicyclic) bond motifs is 1. The van der Waals surface area contributed by atoms with Crippen LogP contribution in [0.1, 0.15) is 10.4 Å². The quantitative estimate of drug-likeness (QED) is 0.773. The van der Waals surface area contributed by atoms with Crippen molar-refractivity contribution in [3.05, 3.63) is 45.2 Å². The number of hydrogen-bond acceptors (Lipinski definition) is 4. The topological polar surface area (TPSA) is 63.1 Å². The van der Waals surface area contributed by atoms with Gasteiger partial charge in [-0.05, 0) is 18.2 Å². The van der Waals surface area contributed by atoms with Crippen LogP contribution in [-0.4, -0.2) is 21.0 Å². The maximum Gasteiger partial charge on any atom is 0.336 e. The van der Waals surface area contributed by atoms with Crippen molar-refractivity contribution in [2.24, 2.45) is 0 Å². The Morgan fingerprint density at radius 3 is 2.84 bits per heavy atom. The lowest BCUT2D eigenvalue weighted by molar-refractivity contribution is 0.0699. The van der Waals surface area contributed by atoms with Crippen molar-refractivity contribution in [3.63, 3.8) is 0 Å². The molecule has 0 bridgehead atoms. The maximum atomic E-state index is 11.4. The van der Waals surface area contributed by atoms with Crippen LogP contribution < -0.4 is 0 Å². The number of carboxylic acid groups (broad SMARTS) is 1. The van der Waals surface area contributed by atoms with Crippen LogP contribution >= 0.6 is 27.3 Å². The molecule has 2 heterocycles. The first kappa shape index (κ1) is 12.3. The fourth-order valence-corrected chi connectivity index (χ4v) is 3.00. The molecule has 0 aliphatic heterocycles. The van der Waals surface area contributed by atoms with Gasteiger partial charge in [0.1, 0.15) is 0 Å². The highest BCUT2D eigenvalue weighted by molar-refractivity contribution is 9.10. The summed E-state index contributed by atoms with van der Waals surface area (Å²) in [6.45, 7) is 0. The van der Waals surface area contributed by atoms with E-state index in [9.17, 15) is 9.90 Å². The molecular formula is C13H7BrN2O2S. The van der Waals surface area contributed by atoms with Gasteiger partial charge in [0, 0.05) is 15.2 Å². The van der Waals surface area contributed by atoms with Crippen LogP contribution in [0.4, 0.5) is 0 Å². The lowest BCUT2D eigenvalue weighted by Gasteiger charge is -2.07. The molecule has 0 unspecified atom stereocenters. The van der Waals surface area contributed by atoms with Crippen LogP contribution in [0.3, 0.4) is 0 Å². The average Bonchev–Trinajstić information content (AvgIpc) is 2.91. The summed E-state index contributed by atoms with van der Waals surface area (Å²) in [7, 11) is 0. The summed E-state index contributed by atoms with van der Waals surface area (Å²) in [6.07, 6.45) is 0. The highest BCUT2D eigenvalue weighted by Gasteiger charge is 2.15. The number of halogens is 1. The predicted molar refractivity (Wildman–Crippen MR) is 77.5 cm³/mol. The molecule has 0 saturated carbocycles. The Morgan fingerprint density at radius 2 is 2.16 bits per heavy atom. The Hall–Kier alpha value is -1.79. The molecule has 1 aromatic carbocycles. The molecule has 0 amide bonds. The van der Waals surface area contributed by atoms with Crippen LogP contribution in [0.2, 0.25) is 0 Å². The first-order valence-corrected chi connectivity index (χ1v) is 7.11. The number of hydrogen-bond donors (Lipinski definition) is 1. The van der Waals surface area contributed by atoms with Gasteiger partial charge in [-0.25, -0.2) is 14.8 Å². The molecule has 0 atom stereocenters. The second-order valence-electron chi connectivity index (χ2n) is 3.87. The molecule has 3 rings (SSSR count). The molecule has 0 saturated heterocycles. The Labute approximate surface area is 120 Å². The third-order valence-electron chi connectivity index (χ3n) is 2.71. The smallest absolute Gasteiger partial charge is 0.336 e. The summed E-state index contributed by atoms with van der Waals surface area (Å²) >= 11 is 4.82. The maximum absolute atomic E-state index is 11.4. The van der Waals surface area contributed by atoms with E-state index in [2.05, 4.69) is 25.9 Å². The fourth-order valence-electron chi connectivity index (χ4n) is 1.88. The average molecular weight is 335 g/mol. The number of carbonyl (C=O) groups is 1. The summed E-state index contributed by atoms with van der Waals surface area (Å²) in [5.41, 5.74) is 3.82. The Balaban J connectivity index is 2.38. The molecule has 0 radical (unpaired) electrons. The number of benzene rings is 1. The number of pyridine rings is 1. The SMILES string of the molecule is O=C(O)c1cc(-c2cscn2)nc2cccc(Br)c12. The van der Waals surface area contributed by atoms with E-state index in [1.54, 1.807) is 23.7 Å². The standard InChI is InChI=1S/C13H7BrN2O2S/c14-8-2-1-3-9-12(8)7(13(17)18)4-10(16-9)11-5-19-6-15-11/h1-6H,(H,17,18). The fraction of sp³-hybridized carbons (Fsp3) is 0. The Kier molecular flexibility index (Phi) is 3.04. The van der Waals surface area contributed by atoms with E-state index in [4.69, 9.17) is 0 Å².